The maximum atomic E-state index is 13.6. The van der Waals surface area contributed by atoms with Gasteiger partial charge in [-0.1, -0.05) is 27.5 Å². The molecule has 1 aromatic heterocycles. The van der Waals surface area contributed by atoms with Crippen LogP contribution >= 0.6 is 27.5 Å². The van der Waals surface area contributed by atoms with Crippen LogP contribution in [0.1, 0.15) is 17.8 Å². The van der Waals surface area contributed by atoms with E-state index in [0.717, 1.165) is 4.68 Å². The van der Waals surface area contributed by atoms with Gasteiger partial charge >= 0.3 is 6.18 Å². The third-order valence-electron chi connectivity index (χ3n) is 3.16. The van der Waals surface area contributed by atoms with Gasteiger partial charge in [-0.25, -0.2) is 4.39 Å². The summed E-state index contributed by atoms with van der Waals surface area (Å²) in [6.07, 6.45) is -4.86. The van der Waals surface area contributed by atoms with Crippen LogP contribution < -0.4 is 5.32 Å². The number of rotatable bonds is 4. The van der Waals surface area contributed by atoms with Crippen molar-refractivity contribution in [2.45, 2.75) is 26.1 Å². The van der Waals surface area contributed by atoms with Gasteiger partial charge in [-0.3, -0.25) is 9.48 Å². The van der Waals surface area contributed by atoms with Crippen LogP contribution in [0, 0.1) is 12.7 Å². The highest BCUT2D eigenvalue weighted by Gasteiger charge is 2.38. The molecule has 24 heavy (non-hydrogen) atoms. The van der Waals surface area contributed by atoms with Crippen LogP contribution in [-0.2, 0) is 17.5 Å². The number of carbonyl (C=O) groups is 1. The van der Waals surface area contributed by atoms with E-state index in [1.54, 1.807) is 6.07 Å². The molecule has 4 nitrogen and oxygen atoms in total. The molecule has 0 aliphatic rings. The molecule has 10 heteroatoms. The third kappa shape index (κ3) is 4.27. The first-order valence-electron chi connectivity index (χ1n) is 6.64. The highest BCUT2D eigenvalue weighted by atomic mass is 79.9. The van der Waals surface area contributed by atoms with E-state index in [1.165, 1.54) is 19.1 Å². The van der Waals surface area contributed by atoms with E-state index in [2.05, 4.69) is 26.3 Å². The minimum Gasteiger partial charge on any atom is -0.324 e. The molecule has 0 radical (unpaired) electrons. The number of alkyl halides is 3. The monoisotopic (exact) mass is 427 g/mol. The predicted molar refractivity (Wildman–Crippen MR) is 84.3 cm³/mol. The quantitative estimate of drug-likeness (QED) is 0.712. The molecule has 1 N–H and O–H groups in total. The van der Waals surface area contributed by atoms with Crippen molar-refractivity contribution in [2.75, 3.05) is 5.32 Å². The standard InChI is InChI=1S/C14H11BrClF4N3O/c1-7-12(16)13(14(18,19)20)22-23(7)5-4-11(24)21-10-3-2-8(15)6-9(10)17/h2-3,6H,4-5H2,1H3,(H,21,24). The fourth-order valence-corrected chi connectivity index (χ4v) is 2.51. The van der Waals surface area contributed by atoms with E-state index < -0.39 is 28.6 Å². The van der Waals surface area contributed by atoms with Crippen molar-refractivity contribution in [3.05, 3.63) is 44.9 Å². The molecule has 0 aliphatic heterocycles. The van der Waals surface area contributed by atoms with Crippen LogP contribution in [0.5, 0.6) is 0 Å². The van der Waals surface area contributed by atoms with Gasteiger partial charge in [0, 0.05) is 10.9 Å². The number of hydrogen-bond acceptors (Lipinski definition) is 2. The van der Waals surface area contributed by atoms with Gasteiger partial charge in [0.05, 0.1) is 22.9 Å². The number of halogens is 6. The fraction of sp³-hybridized carbons (Fsp3) is 0.286. The minimum atomic E-state index is -4.67. The van der Waals surface area contributed by atoms with E-state index in [1.807, 2.05) is 0 Å². The molecular formula is C14H11BrClF4N3O. The second kappa shape index (κ2) is 7.10. The van der Waals surface area contributed by atoms with Gasteiger partial charge in [-0.05, 0) is 25.1 Å². The van der Waals surface area contributed by atoms with Gasteiger partial charge in [0.2, 0.25) is 5.91 Å². The summed E-state index contributed by atoms with van der Waals surface area (Å²) in [6.45, 7) is 1.25. The van der Waals surface area contributed by atoms with Crippen LogP contribution in [0.15, 0.2) is 22.7 Å². The zero-order valence-electron chi connectivity index (χ0n) is 12.2. The molecule has 1 aromatic carbocycles. The molecule has 130 valence electrons. The first-order chi connectivity index (χ1) is 11.1. The number of aryl methyl sites for hydroxylation is 1. The second-order valence-corrected chi connectivity index (χ2v) is 6.18. The lowest BCUT2D eigenvalue weighted by atomic mass is 10.3. The van der Waals surface area contributed by atoms with Gasteiger partial charge < -0.3 is 5.32 Å². The Hall–Kier alpha value is -1.61. The summed E-state index contributed by atoms with van der Waals surface area (Å²) < 4.78 is 53.3. The van der Waals surface area contributed by atoms with Gasteiger partial charge in [0.1, 0.15) is 5.82 Å². The Kier molecular flexibility index (Phi) is 5.54. The molecule has 0 fully saturated rings. The zero-order valence-corrected chi connectivity index (χ0v) is 14.6. The number of hydrogen-bond donors (Lipinski definition) is 1. The van der Waals surface area contributed by atoms with Crippen LogP contribution in [0.4, 0.5) is 23.2 Å². The summed E-state index contributed by atoms with van der Waals surface area (Å²) >= 11 is 8.71. The van der Waals surface area contributed by atoms with Gasteiger partial charge in [-0.2, -0.15) is 18.3 Å². The van der Waals surface area contributed by atoms with Crippen LogP contribution in [0.25, 0.3) is 0 Å². The Balaban J connectivity index is 2.04. The highest BCUT2D eigenvalue weighted by molar-refractivity contribution is 9.10. The Morgan fingerprint density at radius 1 is 1.42 bits per heavy atom. The molecule has 0 atom stereocenters. The molecule has 0 spiro atoms. The van der Waals surface area contributed by atoms with Crippen molar-refractivity contribution in [3.63, 3.8) is 0 Å². The number of nitrogens with zero attached hydrogens (tertiary/aromatic N) is 2. The topological polar surface area (TPSA) is 46.9 Å². The SMILES string of the molecule is Cc1c(Cl)c(C(F)(F)F)nn1CCC(=O)Nc1ccc(Br)cc1F. The van der Waals surface area contributed by atoms with E-state index in [9.17, 15) is 22.4 Å². The zero-order chi connectivity index (χ0) is 18.1. The molecule has 0 saturated carbocycles. The Morgan fingerprint density at radius 3 is 2.62 bits per heavy atom. The molecule has 2 aromatic rings. The number of benzene rings is 1. The van der Waals surface area contributed by atoms with Crippen molar-refractivity contribution in [1.82, 2.24) is 9.78 Å². The highest BCUT2D eigenvalue weighted by Crippen LogP contribution is 2.35. The maximum Gasteiger partial charge on any atom is 0.436 e. The average Bonchev–Trinajstić information content (AvgIpc) is 2.76. The van der Waals surface area contributed by atoms with Crippen molar-refractivity contribution < 1.29 is 22.4 Å². The Morgan fingerprint density at radius 2 is 2.08 bits per heavy atom. The number of aromatic nitrogens is 2. The fourth-order valence-electron chi connectivity index (χ4n) is 1.93. The summed E-state index contributed by atoms with van der Waals surface area (Å²) in [5.74, 6) is -1.19. The van der Waals surface area contributed by atoms with Crippen molar-refractivity contribution >= 4 is 39.1 Å². The van der Waals surface area contributed by atoms with Crippen molar-refractivity contribution in [3.8, 4) is 0 Å². The lowest BCUT2D eigenvalue weighted by molar-refractivity contribution is -0.141. The third-order valence-corrected chi connectivity index (χ3v) is 4.10. The first kappa shape index (κ1) is 18.7. The molecule has 0 unspecified atom stereocenters. The lowest BCUT2D eigenvalue weighted by Gasteiger charge is -2.08. The summed E-state index contributed by atoms with van der Waals surface area (Å²) in [5, 5.41) is 5.24. The molecule has 0 saturated heterocycles. The lowest BCUT2D eigenvalue weighted by Crippen LogP contribution is -2.16. The van der Waals surface area contributed by atoms with Gasteiger partial charge in [0.15, 0.2) is 5.69 Å². The summed E-state index contributed by atoms with van der Waals surface area (Å²) in [4.78, 5) is 11.8. The van der Waals surface area contributed by atoms with Crippen LogP contribution in [0.2, 0.25) is 5.02 Å². The van der Waals surface area contributed by atoms with E-state index in [4.69, 9.17) is 11.6 Å². The first-order valence-corrected chi connectivity index (χ1v) is 7.81. The van der Waals surface area contributed by atoms with Crippen molar-refractivity contribution in [2.24, 2.45) is 0 Å². The summed E-state index contributed by atoms with van der Waals surface area (Å²) in [7, 11) is 0. The summed E-state index contributed by atoms with van der Waals surface area (Å²) in [5.41, 5.74) is -1.11. The van der Waals surface area contributed by atoms with E-state index in [0.29, 0.717) is 4.47 Å². The Labute approximate surface area is 147 Å². The normalized spacial score (nSPS) is 11.6. The number of nitrogens with one attached hydrogen (secondary N) is 1. The molecule has 1 heterocycles. The van der Waals surface area contributed by atoms with Crippen molar-refractivity contribution in [1.29, 1.82) is 0 Å². The smallest absolute Gasteiger partial charge is 0.324 e. The second-order valence-electron chi connectivity index (χ2n) is 4.89. The van der Waals surface area contributed by atoms with Gasteiger partial charge in [0.25, 0.3) is 0 Å². The predicted octanol–water partition coefficient (Wildman–Crippen LogP) is 4.79. The number of carbonyl (C=O) groups excluding carboxylic acids is 1. The van der Waals surface area contributed by atoms with Crippen LogP contribution in [-0.4, -0.2) is 15.7 Å². The Bertz CT molecular complexity index is 776. The minimum absolute atomic E-state index is 0.0191. The van der Waals surface area contributed by atoms with Crippen LogP contribution in [0.3, 0.4) is 0 Å². The molecular weight excluding hydrogens is 418 g/mol. The number of amides is 1. The summed E-state index contributed by atoms with van der Waals surface area (Å²) in [6, 6.07) is 4.10. The molecule has 1 amide bonds. The molecule has 0 bridgehead atoms. The molecule has 0 aliphatic carbocycles. The van der Waals surface area contributed by atoms with Gasteiger partial charge in [-0.15, -0.1) is 0 Å². The average molecular weight is 429 g/mol. The largest absolute Gasteiger partial charge is 0.436 e. The maximum absolute atomic E-state index is 13.6. The number of anilines is 1. The van der Waals surface area contributed by atoms with E-state index in [-0.39, 0.29) is 24.3 Å². The van der Waals surface area contributed by atoms with E-state index >= 15 is 0 Å². The molecule has 2 rings (SSSR count).